The SMILES string of the molecule is CN(Cc1ccccc1)S(=O)(=O)C(C)(C)C(=O)N1[C@@H]2CC[C@H]1CC([C@H](N)Cc1cc(F)c(F)cc1F)C2.COCCN(C)S(=O)(=O)C(C)(C)C(=O)N1[C@@H]2CC[C@H]1CC([C@H](N)Cc1cc(F)c(F)cc1F)C2.N[C@H](Cc1cc(F)c(F)cc1F)C1CCN(C(=O)CS(=O)(=O)N2CCOCC2)CC1. The van der Waals surface area contributed by atoms with Gasteiger partial charge in [-0.2, -0.15) is 8.61 Å². The molecule has 6 heterocycles. The monoisotopic (exact) mass is 1490 g/mol. The lowest BCUT2D eigenvalue weighted by atomic mass is 9.82. The van der Waals surface area contributed by atoms with E-state index in [4.69, 9.17) is 26.7 Å². The molecule has 562 valence electrons. The molecule has 0 spiro atoms. The van der Waals surface area contributed by atoms with Crippen molar-refractivity contribution < 1.29 is 88.6 Å². The van der Waals surface area contributed by atoms with Crippen molar-refractivity contribution in [2.24, 2.45) is 35.0 Å². The lowest BCUT2D eigenvalue weighted by Crippen LogP contribution is -2.59. The molecule has 101 heavy (non-hydrogen) atoms. The number of nitrogens with zero attached hydrogens (tertiary/aromatic N) is 6. The molecular formula is C69H94F9N9O11S3. The van der Waals surface area contributed by atoms with E-state index < -0.39 is 134 Å². The number of methoxy groups -OCH3 is 1. The van der Waals surface area contributed by atoms with Gasteiger partial charge in [0.05, 0.1) is 19.8 Å². The lowest BCUT2D eigenvalue weighted by Gasteiger charge is -2.44. The number of ether oxygens (including phenoxy) is 2. The maximum Gasteiger partial charge on any atom is 0.245 e. The van der Waals surface area contributed by atoms with Crippen LogP contribution in [-0.4, -0.2) is 202 Å². The molecule has 6 aliphatic rings. The third kappa shape index (κ3) is 18.6. The fourth-order valence-corrected chi connectivity index (χ4v) is 19.1. The first-order valence-electron chi connectivity index (χ1n) is 33.9. The number of carbonyl (C=O) groups excluding carboxylic acids is 3. The second-order valence-electron chi connectivity index (χ2n) is 28.4. The summed E-state index contributed by atoms with van der Waals surface area (Å²) in [5.41, 5.74) is 19.8. The van der Waals surface area contributed by atoms with Crippen LogP contribution in [0.4, 0.5) is 39.5 Å². The quantitative estimate of drug-likeness (QED) is 0.0486. The van der Waals surface area contributed by atoms with E-state index in [1.165, 1.54) is 62.4 Å². The largest absolute Gasteiger partial charge is 0.383 e. The van der Waals surface area contributed by atoms with Crippen molar-refractivity contribution in [3.05, 3.63) is 141 Å². The van der Waals surface area contributed by atoms with Gasteiger partial charge in [0, 0.05) is 121 Å². The first-order valence-corrected chi connectivity index (χ1v) is 38.4. The van der Waals surface area contributed by atoms with Crippen molar-refractivity contribution in [2.45, 2.75) is 169 Å². The van der Waals surface area contributed by atoms with Gasteiger partial charge in [-0.1, -0.05) is 30.3 Å². The maximum atomic E-state index is 14.2. The molecule has 4 bridgehead atoms. The van der Waals surface area contributed by atoms with E-state index in [9.17, 15) is 79.2 Å². The first kappa shape index (κ1) is 80.9. The van der Waals surface area contributed by atoms with E-state index >= 15 is 0 Å². The van der Waals surface area contributed by atoms with E-state index in [1.54, 1.807) is 9.80 Å². The van der Waals surface area contributed by atoms with Gasteiger partial charge < -0.3 is 41.4 Å². The summed E-state index contributed by atoms with van der Waals surface area (Å²) in [6, 6.07) is 11.1. The van der Waals surface area contributed by atoms with E-state index in [-0.39, 0.29) is 111 Å². The van der Waals surface area contributed by atoms with Crippen LogP contribution in [0, 0.1) is 70.1 Å². The Morgan fingerprint density at radius 1 is 0.525 bits per heavy atom. The number of amides is 3. The molecule has 6 N–H and O–H groups in total. The van der Waals surface area contributed by atoms with Crippen LogP contribution in [0.25, 0.3) is 0 Å². The van der Waals surface area contributed by atoms with Gasteiger partial charge in [-0.3, -0.25) is 14.4 Å². The van der Waals surface area contributed by atoms with E-state index in [0.29, 0.717) is 83.0 Å². The summed E-state index contributed by atoms with van der Waals surface area (Å²) in [4.78, 5) is 44.6. The van der Waals surface area contributed by atoms with Gasteiger partial charge in [0.25, 0.3) is 0 Å². The summed E-state index contributed by atoms with van der Waals surface area (Å²) in [6.07, 6.45) is 6.30. The minimum Gasteiger partial charge on any atom is -0.383 e. The molecule has 32 heteroatoms. The summed E-state index contributed by atoms with van der Waals surface area (Å²) >= 11 is 0. The lowest BCUT2D eigenvalue weighted by molar-refractivity contribution is -0.139. The molecule has 0 aliphatic carbocycles. The zero-order chi connectivity index (χ0) is 74.4. The number of likely N-dealkylation sites (tertiary alicyclic amines) is 1. The molecule has 3 amide bonds. The van der Waals surface area contributed by atoms with Gasteiger partial charge in [-0.05, 0) is 169 Å². The number of halogens is 9. The summed E-state index contributed by atoms with van der Waals surface area (Å²) in [5, 5.41) is 0. The second kappa shape index (κ2) is 33.5. The first-order chi connectivity index (χ1) is 47.3. The van der Waals surface area contributed by atoms with Gasteiger partial charge in [-0.15, -0.1) is 0 Å². The van der Waals surface area contributed by atoms with Crippen LogP contribution < -0.4 is 17.2 Å². The molecule has 0 saturated carbocycles. The maximum absolute atomic E-state index is 14.2. The van der Waals surface area contributed by atoms with Crippen LogP contribution in [0.2, 0.25) is 0 Å². The van der Waals surface area contributed by atoms with Gasteiger partial charge in [0.2, 0.25) is 47.8 Å². The Kier molecular flexibility index (Phi) is 26.8. The topological polar surface area (TPSA) is 270 Å². The summed E-state index contributed by atoms with van der Waals surface area (Å²) in [5.74, 6) is -11.7. The van der Waals surface area contributed by atoms with Crippen LogP contribution in [0.5, 0.6) is 0 Å². The average Bonchev–Trinajstić information content (AvgIpc) is 1.74. The van der Waals surface area contributed by atoms with Crippen molar-refractivity contribution in [3.63, 3.8) is 0 Å². The number of rotatable bonds is 23. The predicted octanol–water partition coefficient (Wildman–Crippen LogP) is 7.29. The molecule has 6 saturated heterocycles. The molecule has 0 radical (unpaired) electrons. The van der Waals surface area contributed by atoms with E-state index in [0.717, 1.165) is 53.8 Å². The smallest absolute Gasteiger partial charge is 0.245 e. The number of piperidine rings is 3. The minimum atomic E-state index is -3.98. The molecule has 6 fully saturated rings. The van der Waals surface area contributed by atoms with Crippen LogP contribution >= 0.6 is 0 Å². The fraction of sp³-hybridized carbons (Fsp3) is 0.609. The third-order valence-electron chi connectivity index (χ3n) is 21.0. The molecule has 4 aromatic carbocycles. The molecule has 0 aromatic heterocycles. The van der Waals surface area contributed by atoms with Gasteiger partial charge in [0.1, 0.15) is 23.2 Å². The Bertz CT molecular complexity index is 3910. The van der Waals surface area contributed by atoms with Gasteiger partial charge >= 0.3 is 0 Å². The summed E-state index contributed by atoms with van der Waals surface area (Å²) in [7, 11) is -7.21. The Morgan fingerprint density at radius 3 is 1.26 bits per heavy atom. The van der Waals surface area contributed by atoms with Crippen molar-refractivity contribution in [1.82, 2.24) is 27.6 Å². The van der Waals surface area contributed by atoms with Crippen molar-refractivity contribution in [2.75, 3.05) is 79.5 Å². The minimum absolute atomic E-state index is 0.0107. The Labute approximate surface area is 586 Å². The highest BCUT2D eigenvalue weighted by molar-refractivity contribution is 7.91. The molecule has 2 unspecified atom stereocenters. The van der Waals surface area contributed by atoms with E-state index in [2.05, 4.69) is 0 Å². The average molecular weight is 1490 g/mol. The normalized spacial score (nSPS) is 22.5. The Balaban J connectivity index is 0.000000194. The number of likely N-dealkylation sites (N-methyl/N-ethyl adjacent to an activating group) is 1. The number of sulfonamides is 3. The van der Waals surface area contributed by atoms with Crippen LogP contribution in [0.1, 0.15) is 114 Å². The fourth-order valence-electron chi connectivity index (χ4n) is 14.9. The molecule has 6 aliphatic heterocycles. The molecule has 10 rings (SSSR count). The Morgan fingerprint density at radius 2 is 0.881 bits per heavy atom. The van der Waals surface area contributed by atoms with Crippen LogP contribution in [0.15, 0.2) is 66.7 Å². The van der Waals surface area contributed by atoms with Crippen LogP contribution in [0.3, 0.4) is 0 Å². The highest BCUT2D eigenvalue weighted by Gasteiger charge is 2.55. The van der Waals surface area contributed by atoms with Crippen molar-refractivity contribution >= 4 is 47.8 Å². The second-order valence-corrected chi connectivity index (χ2v) is 35.6. The predicted molar refractivity (Wildman–Crippen MR) is 361 cm³/mol. The number of hydrogen-bond donors (Lipinski definition) is 3. The number of benzene rings is 4. The number of nitrogens with two attached hydrogens (primary N) is 3. The molecular weight excluding hydrogens is 1400 g/mol. The summed E-state index contributed by atoms with van der Waals surface area (Å²) < 4.78 is 211. The third-order valence-corrected chi connectivity index (χ3v) is 27.7. The number of morpholine rings is 1. The summed E-state index contributed by atoms with van der Waals surface area (Å²) in [6.45, 7) is 8.08. The van der Waals surface area contributed by atoms with Gasteiger partial charge in [0.15, 0.2) is 44.4 Å². The number of hydrogen-bond acceptors (Lipinski definition) is 14. The molecule has 4 aromatic rings. The van der Waals surface area contributed by atoms with Gasteiger partial charge in [-0.25, -0.2) is 69.1 Å². The zero-order valence-corrected chi connectivity index (χ0v) is 60.4. The highest BCUT2D eigenvalue weighted by Crippen LogP contribution is 2.45. The molecule has 9 atom stereocenters. The van der Waals surface area contributed by atoms with Crippen molar-refractivity contribution in [1.29, 1.82) is 0 Å². The zero-order valence-electron chi connectivity index (χ0n) is 57.9. The number of carbonyl (C=O) groups is 3. The highest BCUT2D eigenvalue weighted by atomic mass is 32.2. The molecule has 20 nitrogen and oxygen atoms in total. The Hall–Kier alpha value is -5.81. The van der Waals surface area contributed by atoms with Crippen LogP contribution in [-0.2, 0) is 79.7 Å². The van der Waals surface area contributed by atoms with E-state index in [1.807, 2.05) is 30.3 Å². The standard InChI is InChI=1S/C27H34F3N3O3S.C23H34F3N3O4S.C19H26F3N3O4S/c1-27(2,37(35,36)32(3)16-17-7-5-4-6-8-17)26(34)33-20-9-10-21(33)12-19(11-20)25(31)14-18-13-23(29)24(30)15-22(18)28;1-23(2,34(31,32)28(3)7-8-33-4)22(30)29-16-5-6-17(29)10-15(9-16)21(27)12-14-11-19(25)20(26)13-18(14)24;20-15-11-17(22)16(21)9-14(15)10-18(23)13-1-3-24(4-2-13)19(26)12-30(27,28)25-5-7-29-8-6-25/h4-8,13,15,19-21,25H,9-12,14,16,31H2,1-3H3;11,13,15-17,21H,5-10,12,27H2,1-4H3;9,11,13,18H,1-8,10,12,23H2/t19?,20-,21+,25-;15?,16-,17+,21-;18-/m111/s1. The number of fused-ring (bicyclic) bond motifs is 4. The van der Waals surface area contributed by atoms with Crippen molar-refractivity contribution in [3.8, 4) is 0 Å².